The zero-order chi connectivity index (χ0) is 6.62. The second kappa shape index (κ2) is 3.02. The minimum atomic E-state index is -1.07. The van der Waals surface area contributed by atoms with Crippen LogP contribution in [0.1, 0.15) is 6.92 Å². The van der Waals surface area contributed by atoms with Gasteiger partial charge in [0.25, 0.3) is 0 Å². The Morgan fingerprint density at radius 3 is 2.25 bits per heavy atom. The number of methoxy groups -OCH3 is 1. The van der Waals surface area contributed by atoms with E-state index in [1.165, 1.54) is 14.0 Å². The zero-order valence-electron chi connectivity index (χ0n) is 5.22. The molecule has 2 N–H and O–H groups in total. The quantitative estimate of drug-likeness (QED) is 0.521. The van der Waals surface area contributed by atoms with Crippen molar-refractivity contribution in [2.24, 2.45) is 0 Å². The molecule has 8 heavy (non-hydrogen) atoms. The van der Waals surface area contributed by atoms with E-state index in [2.05, 4.69) is 4.74 Å². The summed E-state index contributed by atoms with van der Waals surface area (Å²) in [5.41, 5.74) is -1.07. The fourth-order valence-electron chi connectivity index (χ4n) is 0.357. The molecule has 0 amide bonds. The molecule has 0 radical (unpaired) electrons. The molecule has 0 saturated carbocycles. The van der Waals surface area contributed by atoms with Gasteiger partial charge in [0.15, 0.2) is 0 Å². The average Bonchev–Trinajstić information content (AvgIpc) is 1.67. The summed E-state index contributed by atoms with van der Waals surface area (Å²) in [6, 6.07) is 0. The van der Waals surface area contributed by atoms with Crippen molar-refractivity contribution in [2.45, 2.75) is 12.5 Å². The second-order valence-electron chi connectivity index (χ2n) is 2.09. The van der Waals surface area contributed by atoms with Crippen LogP contribution in [0.2, 0.25) is 0 Å². The largest absolute Gasteiger partial charge is 0.393 e. The molecule has 0 bridgehead atoms. The second-order valence-corrected chi connectivity index (χ2v) is 2.09. The fourth-order valence-corrected chi connectivity index (χ4v) is 0.357. The van der Waals surface area contributed by atoms with E-state index in [1.54, 1.807) is 0 Å². The highest BCUT2D eigenvalue weighted by Crippen LogP contribution is 1.99. The highest BCUT2D eigenvalue weighted by atomic mass is 16.5. The summed E-state index contributed by atoms with van der Waals surface area (Å²) in [7, 11) is 1.48. The summed E-state index contributed by atoms with van der Waals surface area (Å²) in [4.78, 5) is 0. The fraction of sp³-hybridized carbons (Fsp3) is 1.00. The Bertz CT molecular complexity index is 60.7. The highest BCUT2D eigenvalue weighted by Gasteiger charge is 2.17. The van der Waals surface area contributed by atoms with E-state index < -0.39 is 5.60 Å². The van der Waals surface area contributed by atoms with Gasteiger partial charge in [0.05, 0.1) is 13.2 Å². The molecule has 0 aromatic heterocycles. The van der Waals surface area contributed by atoms with Crippen LogP contribution in [0.25, 0.3) is 0 Å². The maximum Gasteiger partial charge on any atom is 0.108 e. The van der Waals surface area contributed by atoms with Crippen molar-refractivity contribution in [1.29, 1.82) is 0 Å². The van der Waals surface area contributed by atoms with E-state index >= 15 is 0 Å². The summed E-state index contributed by atoms with van der Waals surface area (Å²) in [5.74, 6) is 0. The maximum atomic E-state index is 8.95. The van der Waals surface area contributed by atoms with Gasteiger partial charge in [-0.3, -0.25) is 0 Å². The third-order valence-electron chi connectivity index (χ3n) is 0.796. The smallest absolute Gasteiger partial charge is 0.108 e. The molecule has 0 aliphatic carbocycles. The van der Waals surface area contributed by atoms with Crippen LogP contribution in [-0.4, -0.2) is 36.1 Å². The number of hydrogen-bond acceptors (Lipinski definition) is 3. The van der Waals surface area contributed by atoms with Crippen LogP contribution in [-0.2, 0) is 4.74 Å². The Kier molecular flexibility index (Phi) is 2.97. The Hall–Kier alpha value is -0.120. The van der Waals surface area contributed by atoms with Crippen LogP contribution in [0, 0.1) is 0 Å². The van der Waals surface area contributed by atoms with Gasteiger partial charge >= 0.3 is 0 Å². The summed E-state index contributed by atoms with van der Waals surface area (Å²) in [5, 5.41) is 17.3. The Morgan fingerprint density at radius 1 is 1.62 bits per heavy atom. The molecule has 3 nitrogen and oxygen atoms in total. The Labute approximate surface area is 48.9 Å². The molecule has 0 aromatic rings. The van der Waals surface area contributed by atoms with Crippen molar-refractivity contribution in [3.05, 3.63) is 0 Å². The summed E-state index contributed by atoms with van der Waals surface area (Å²) >= 11 is 0. The molecule has 1 atom stereocenters. The predicted octanol–water partition coefficient (Wildman–Crippen LogP) is -0.624. The van der Waals surface area contributed by atoms with Gasteiger partial charge in [-0.25, -0.2) is 0 Å². The minimum Gasteiger partial charge on any atom is -0.393 e. The number of aliphatic hydroxyl groups excluding tert-OH is 1. The van der Waals surface area contributed by atoms with Gasteiger partial charge < -0.3 is 14.9 Å². The van der Waals surface area contributed by atoms with Crippen LogP contribution in [0.5, 0.6) is 0 Å². The topological polar surface area (TPSA) is 49.7 Å². The van der Waals surface area contributed by atoms with Gasteiger partial charge in [-0.15, -0.1) is 0 Å². The molecule has 0 fully saturated rings. The highest BCUT2D eigenvalue weighted by molar-refractivity contribution is 4.68. The van der Waals surface area contributed by atoms with Crippen molar-refractivity contribution >= 4 is 0 Å². The van der Waals surface area contributed by atoms with Crippen LogP contribution in [0.4, 0.5) is 0 Å². The minimum absolute atomic E-state index is 0.170. The monoisotopic (exact) mass is 120 g/mol. The van der Waals surface area contributed by atoms with Gasteiger partial charge in [0, 0.05) is 7.11 Å². The van der Waals surface area contributed by atoms with Gasteiger partial charge in [-0.2, -0.15) is 0 Å². The van der Waals surface area contributed by atoms with Crippen LogP contribution < -0.4 is 0 Å². The first kappa shape index (κ1) is 7.88. The van der Waals surface area contributed by atoms with Crippen LogP contribution in [0.15, 0.2) is 0 Å². The molecule has 50 valence electrons. The van der Waals surface area contributed by atoms with Gasteiger partial charge in [0.1, 0.15) is 5.60 Å². The molecule has 0 rings (SSSR count). The predicted molar refractivity (Wildman–Crippen MR) is 29.6 cm³/mol. The molecule has 0 aromatic carbocycles. The lowest BCUT2D eigenvalue weighted by Gasteiger charge is -2.17. The van der Waals surface area contributed by atoms with E-state index in [-0.39, 0.29) is 13.2 Å². The normalized spacial score (nSPS) is 18.0. The molecule has 1 unspecified atom stereocenters. The van der Waals surface area contributed by atoms with Crippen LogP contribution in [0.3, 0.4) is 0 Å². The van der Waals surface area contributed by atoms with E-state index in [1.807, 2.05) is 0 Å². The van der Waals surface area contributed by atoms with Gasteiger partial charge in [-0.1, -0.05) is 0 Å². The average molecular weight is 120 g/mol. The van der Waals surface area contributed by atoms with Crippen molar-refractivity contribution in [2.75, 3.05) is 20.3 Å². The van der Waals surface area contributed by atoms with E-state index in [9.17, 15) is 0 Å². The molecule has 0 aliphatic heterocycles. The molecule has 3 heteroatoms. The molecule has 0 spiro atoms. The Morgan fingerprint density at radius 2 is 2.12 bits per heavy atom. The van der Waals surface area contributed by atoms with Crippen molar-refractivity contribution in [1.82, 2.24) is 0 Å². The van der Waals surface area contributed by atoms with Crippen molar-refractivity contribution in [3.63, 3.8) is 0 Å². The van der Waals surface area contributed by atoms with Crippen molar-refractivity contribution in [3.8, 4) is 0 Å². The molecule has 0 heterocycles. The van der Waals surface area contributed by atoms with E-state index in [0.29, 0.717) is 0 Å². The first-order valence-corrected chi connectivity index (χ1v) is 2.44. The summed E-state index contributed by atoms with van der Waals surface area (Å²) in [6.07, 6.45) is 0. The Balaban J connectivity index is 3.37. The van der Waals surface area contributed by atoms with E-state index in [0.717, 1.165) is 0 Å². The van der Waals surface area contributed by atoms with Gasteiger partial charge in [-0.05, 0) is 6.92 Å². The lowest BCUT2D eigenvalue weighted by Crippen LogP contribution is -2.34. The molecule has 0 saturated heterocycles. The standard InChI is InChI=1S/C5H12O3/c1-5(7,3-6)4-8-2/h6-7H,3-4H2,1-2H3. The number of hydrogen-bond donors (Lipinski definition) is 2. The third-order valence-corrected chi connectivity index (χ3v) is 0.796. The first-order valence-electron chi connectivity index (χ1n) is 2.44. The summed E-state index contributed by atoms with van der Waals surface area (Å²) in [6.45, 7) is 1.42. The van der Waals surface area contributed by atoms with Crippen molar-refractivity contribution < 1.29 is 14.9 Å². The summed E-state index contributed by atoms with van der Waals surface area (Å²) < 4.78 is 4.59. The van der Waals surface area contributed by atoms with Crippen LogP contribution >= 0.6 is 0 Å². The number of ether oxygens (including phenoxy) is 1. The molecular formula is C5H12O3. The first-order chi connectivity index (χ1) is 3.62. The third kappa shape index (κ3) is 2.96. The van der Waals surface area contributed by atoms with E-state index in [4.69, 9.17) is 10.2 Å². The molecular weight excluding hydrogens is 108 g/mol. The zero-order valence-corrected chi connectivity index (χ0v) is 5.22. The maximum absolute atomic E-state index is 8.95. The lowest BCUT2D eigenvalue weighted by atomic mass is 10.1. The molecule has 0 aliphatic rings. The number of aliphatic hydroxyl groups is 2. The van der Waals surface area contributed by atoms with Gasteiger partial charge in [0.2, 0.25) is 0 Å². The lowest BCUT2D eigenvalue weighted by molar-refractivity contribution is -0.0529. The number of rotatable bonds is 3. The SMILES string of the molecule is COCC(C)(O)CO.